The topological polar surface area (TPSA) is 84.6 Å². The molecule has 0 aromatic carbocycles. The van der Waals surface area contributed by atoms with Crippen LogP contribution in [0.2, 0.25) is 0 Å². The molecule has 0 fully saturated rings. The summed E-state index contributed by atoms with van der Waals surface area (Å²) in [6.45, 7) is 4.22. The number of hydrogen-bond donors (Lipinski definition) is 1. The van der Waals surface area contributed by atoms with Gasteiger partial charge in [-0.2, -0.15) is 4.68 Å². The summed E-state index contributed by atoms with van der Waals surface area (Å²) >= 11 is 0. The van der Waals surface area contributed by atoms with Crippen molar-refractivity contribution in [1.82, 2.24) is 29.3 Å². The third kappa shape index (κ3) is 2.23. The highest BCUT2D eigenvalue weighted by molar-refractivity contribution is 5.49. The van der Waals surface area contributed by atoms with Gasteiger partial charge in [-0.25, -0.2) is 15.0 Å². The van der Waals surface area contributed by atoms with Crippen LogP contribution in [0, 0.1) is 0 Å². The molecule has 0 spiro atoms. The minimum atomic E-state index is -0.196. The van der Waals surface area contributed by atoms with E-state index in [9.17, 15) is 4.79 Å². The van der Waals surface area contributed by atoms with Crippen molar-refractivity contribution in [3.8, 4) is 11.5 Å². The van der Waals surface area contributed by atoms with Gasteiger partial charge >= 0.3 is 0 Å². The van der Waals surface area contributed by atoms with Crippen LogP contribution in [0.25, 0.3) is 11.5 Å². The third-order valence-electron chi connectivity index (χ3n) is 4.21. The number of hydrogen-bond acceptors (Lipinski definition) is 5. The van der Waals surface area contributed by atoms with Crippen LogP contribution >= 0.6 is 0 Å². The Morgan fingerprint density at radius 3 is 2.58 bits per heavy atom. The number of nitrogens with one attached hydrogen (secondary N) is 1. The van der Waals surface area contributed by atoms with Gasteiger partial charge < -0.3 is 4.90 Å². The predicted molar refractivity (Wildman–Crippen MR) is 89.6 cm³/mol. The monoisotopic (exact) mass is 323 g/mol. The first-order chi connectivity index (χ1) is 11.6. The van der Waals surface area contributed by atoms with E-state index in [2.05, 4.69) is 51.0 Å². The van der Waals surface area contributed by atoms with Gasteiger partial charge in [0.25, 0.3) is 5.56 Å². The smallest absolute Gasteiger partial charge is 0.296 e. The number of aromatic nitrogens is 6. The lowest BCUT2D eigenvalue weighted by atomic mass is 10.3. The molecule has 24 heavy (non-hydrogen) atoms. The van der Waals surface area contributed by atoms with E-state index in [4.69, 9.17) is 0 Å². The van der Waals surface area contributed by atoms with Gasteiger partial charge in [-0.05, 0) is 13.8 Å². The first-order valence-corrected chi connectivity index (χ1v) is 7.73. The average molecular weight is 323 g/mol. The fourth-order valence-corrected chi connectivity index (χ4v) is 3.01. The van der Waals surface area contributed by atoms with Crippen molar-refractivity contribution in [2.45, 2.75) is 25.9 Å². The molecule has 2 atom stereocenters. The average Bonchev–Trinajstić information content (AvgIpc) is 3.29. The molecule has 4 heterocycles. The Labute approximate surface area is 138 Å². The van der Waals surface area contributed by atoms with Gasteiger partial charge in [0.15, 0.2) is 5.82 Å². The second kappa shape index (κ2) is 5.48. The Hall–Kier alpha value is -3.16. The summed E-state index contributed by atoms with van der Waals surface area (Å²) in [5, 5.41) is 2.95. The number of anilines is 1. The number of H-pyrrole nitrogens is 1. The molecule has 0 bridgehead atoms. The van der Waals surface area contributed by atoms with Gasteiger partial charge in [0.05, 0.1) is 6.33 Å². The second-order valence-electron chi connectivity index (χ2n) is 5.78. The number of rotatable bonds is 3. The van der Waals surface area contributed by atoms with Gasteiger partial charge in [0.2, 0.25) is 0 Å². The Bertz CT molecular complexity index is 925. The lowest BCUT2D eigenvalue weighted by Crippen LogP contribution is -2.34. The molecule has 0 aliphatic carbocycles. The summed E-state index contributed by atoms with van der Waals surface area (Å²) < 4.78 is 3.06. The molecular weight excluding hydrogens is 306 g/mol. The van der Waals surface area contributed by atoms with Gasteiger partial charge in [-0.15, -0.1) is 0 Å². The first kappa shape index (κ1) is 14.4. The van der Waals surface area contributed by atoms with E-state index < -0.39 is 0 Å². The Balaban J connectivity index is 1.74. The maximum atomic E-state index is 12.6. The van der Waals surface area contributed by atoms with Crippen LogP contribution in [-0.4, -0.2) is 41.4 Å². The fourth-order valence-electron chi connectivity index (χ4n) is 3.01. The van der Waals surface area contributed by atoms with Crippen molar-refractivity contribution >= 4 is 5.82 Å². The predicted octanol–water partition coefficient (Wildman–Crippen LogP) is 1.29. The molecule has 0 radical (unpaired) electrons. The minimum Gasteiger partial charge on any atom is -0.344 e. The largest absolute Gasteiger partial charge is 0.344 e. The number of imidazole rings is 1. The fraction of sp³-hybridized carbons (Fsp3) is 0.250. The third-order valence-corrected chi connectivity index (χ3v) is 4.21. The molecule has 0 saturated heterocycles. The molecule has 3 aromatic rings. The van der Waals surface area contributed by atoms with Crippen LogP contribution < -0.4 is 10.5 Å². The molecule has 1 N–H and O–H groups in total. The molecule has 1 aliphatic heterocycles. The van der Waals surface area contributed by atoms with E-state index in [0.717, 1.165) is 5.82 Å². The molecule has 2 unspecified atom stereocenters. The molecule has 8 heteroatoms. The standard InChI is InChI=1S/C16H17N7O/c1-11-3-4-12(2)22(11)14-7-15(19-9-18-14)23-16(24)13(8-20-23)21-6-5-17-10-21/h3-12,20H,1-2H3. The number of nitrogens with zero attached hydrogens (tertiary/aromatic N) is 6. The van der Waals surface area contributed by atoms with Crippen LogP contribution in [0.1, 0.15) is 13.8 Å². The molecular formula is C16H17N7O. The summed E-state index contributed by atoms with van der Waals surface area (Å²) in [4.78, 5) is 27.4. The summed E-state index contributed by atoms with van der Waals surface area (Å²) in [5.74, 6) is 1.29. The zero-order valence-electron chi connectivity index (χ0n) is 13.4. The van der Waals surface area contributed by atoms with Crippen molar-refractivity contribution in [2.75, 3.05) is 4.90 Å². The first-order valence-electron chi connectivity index (χ1n) is 7.73. The van der Waals surface area contributed by atoms with Gasteiger partial charge in [-0.3, -0.25) is 14.5 Å². The molecule has 4 rings (SSSR count). The number of aromatic amines is 1. The zero-order chi connectivity index (χ0) is 16.7. The highest BCUT2D eigenvalue weighted by Gasteiger charge is 2.24. The SMILES string of the molecule is CC1C=CC(C)N1c1cc(-n2[nH]cc(-n3ccnc3)c2=O)ncn1. The van der Waals surface area contributed by atoms with Crippen LogP contribution in [-0.2, 0) is 0 Å². The van der Waals surface area contributed by atoms with Crippen molar-refractivity contribution in [1.29, 1.82) is 0 Å². The maximum absolute atomic E-state index is 12.6. The summed E-state index contributed by atoms with van der Waals surface area (Å²) in [6.07, 6.45) is 12.3. The summed E-state index contributed by atoms with van der Waals surface area (Å²) in [5.41, 5.74) is 0.288. The van der Waals surface area contributed by atoms with E-state index in [1.807, 2.05) is 6.07 Å². The Morgan fingerprint density at radius 2 is 1.88 bits per heavy atom. The van der Waals surface area contributed by atoms with Gasteiger partial charge in [0.1, 0.15) is 17.8 Å². The van der Waals surface area contributed by atoms with Crippen molar-refractivity contribution in [2.24, 2.45) is 0 Å². The lowest BCUT2D eigenvalue weighted by molar-refractivity contribution is 0.709. The highest BCUT2D eigenvalue weighted by Crippen LogP contribution is 2.24. The molecule has 122 valence electrons. The molecule has 3 aromatic heterocycles. The summed E-state index contributed by atoms with van der Waals surface area (Å²) in [6, 6.07) is 2.32. The zero-order valence-corrected chi connectivity index (χ0v) is 13.4. The maximum Gasteiger partial charge on any atom is 0.296 e. The van der Waals surface area contributed by atoms with Gasteiger partial charge in [0, 0.05) is 36.7 Å². The minimum absolute atomic E-state index is 0.196. The molecule has 0 saturated carbocycles. The summed E-state index contributed by atoms with van der Waals surface area (Å²) in [7, 11) is 0. The Kier molecular flexibility index (Phi) is 3.30. The molecule has 0 amide bonds. The van der Waals surface area contributed by atoms with Crippen molar-refractivity contribution in [3.63, 3.8) is 0 Å². The van der Waals surface area contributed by atoms with E-state index in [1.165, 1.54) is 11.0 Å². The van der Waals surface area contributed by atoms with Crippen molar-refractivity contribution < 1.29 is 0 Å². The van der Waals surface area contributed by atoms with Crippen molar-refractivity contribution in [3.05, 3.63) is 59.8 Å². The lowest BCUT2D eigenvalue weighted by Gasteiger charge is -2.27. The molecule has 8 nitrogen and oxygen atoms in total. The van der Waals surface area contributed by atoms with E-state index in [0.29, 0.717) is 11.5 Å². The van der Waals surface area contributed by atoms with Crippen LogP contribution in [0.5, 0.6) is 0 Å². The van der Waals surface area contributed by atoms with E-state index >= 15 is 0 Å². The quantitative estimate of drug-likeness (QED) is 0.734. The van der Waals surface area contributed by atoms with E-state index in [1.54, 1.807) is 29.5 Å². The normalized spacial score (nSPS) is 20.0. The van der Waals surface area contributed by atoms with Crippen LogP contribution in [0.15, 0.2) is 54.3 Å². The molecule has 1 aliphatic rings. The van der Waals surface area contributed by atoms with E-state index in [-0.39, 0.29) is 17.6 Å². The van der Waals surface area contributed by atoms with Gasteiger partial charge in [-0.1, -0.05) is 12.2 Å². The highest BCUT2D eigenvalue weighted by atomic mass is 16.1. The van der Waals surface area contributed by atoms with Crippen LogP contribution in [0.4, 0.5) is 5.82 Å². The second-order valence-corrected chi connectivity index (χ2v) is 5.78. The Morgan fingerprint density at radius 1 is 1.12 bits per heavy atom. The van der Waals surface area contributed by atoms with Crippen LogP contribution in [0.3, 0.4) is 0 Å².